The van der Waals surface area contributed by atoms with Gasteiger partial charge in [0.25, 0.3) is 5.91 Å². The lowest BCUT2D eigenvalue weighted by atomic mass is 10.2. The second-order valence-corrected chi connectivity index (χ2v) is 4.94. The Kier molecular flexibility index (Phi) is 4.74. The first-order valence-electron chi connectivity index (χ1n) is 6.76. The van der Waals surface area contributed by atoms with Crippen molar-refractivity contribution < 1.29 is 19.1 Å². The van der Waals surface area contributed by atoms with Crippen LogP contribution in [0.3, 0.4) is 0 Å². The number of carbonyl (C=O) groups is 2. The van der Waals surface area contributed by atoms with Crippen molar-refractivity contribution in [2.24, 2.45) is 0 Å². The lowest BCUT2D eigenvalue weighted by Crippen LogP contribution is -2.33. The van der Waals surface area contributed by atoms with Crippen LogP contribution in [0.4, 0.5) is 5.69 Å². The Morgan fingerprint density at radius 2 is 2.05 bits per heavy atom. The summed E-state index contributed by atoms with van der Waals surface area (Å²) in [5.41, 5.74) is 1.79. The van der Waals surface area contributed by atoms with Gasteiger partial charge in [0.1, 0.15) is 0 Å². The fraction of sp³-hybridized carbons (Fsp3) is 0.467. The zero-order valence-corrected chi connectivity index (χ0v) is 11.7. The van der Waals surface area contributed by atoms with E-state index in [0.717, 1.165) is 12.0 Å². The Labute approximate surface area is 118 Å². The number of anilines is 1. The van der Waals surface area contributed by atoms with E-state index in [1.54, 1.807) is 6.92 Å². The van der Waals surface area contributed by atoms with Crippen molar-refractivity contribution in [1.82, 2.24) is 0 Å². The molecule has 0 bridgehead atoms. The van der Waals surface area contributed by atoms with Crippen molar-refractivity contribution in [3.05, 3.63) is 29.8 Å². The van der Waals surface area contributed by atoms with Gasteiger partial charge in [0.2, 0.25) is 0 Å². The van der Waals surface area contributed by atoms with Crippen LogP contribution in [0.1, 0.15) is 25.3 Å². The first-order valence-corrected chi connectivity index (χ1v) is 6.76. The lowest BCUT2D eigenvalue weighted by molar-refractivity contribution is -0.162. The molecule has 0 spiro atoms. The third-order valence-electron chi connectivity index (χ3n) is 3.17. The quantitative estimate of drug-likeness (QED) is 0.855. The predicted octanol–water partition coefficient (Wildman–Crippen LogP) is 2.04. The molecular weight excluding hydrogens is 258 g/mol. The number of carbonyl (C=O) groups excluding carboxylic acids is 2. The molecule has 1 N–H and O–H groups in total. The van der Waals surface area contributed by atoms with E-state index < -0.39 is 18.2 Å². The fourth-order valence-corrected chi connectivity index (χ4v) is 1.95. The first-order chi connectivity index (χ1) is 9.56. The van der Waals surface area contributed by atoms with Crippen LogP contribution in [0, 0.1) is 6.92 Å². The topological polar surface area (TPSA) is 64.6 Å². The second-order valence-electron chi connectivity index (χ2n) is 4.94. The molecule has 5 nitrogen and oxygen atoms in total. The van der Waals surface area contributed by atoms with E-state index in [-0.39, 0.29) is 5.91 Å². The Morgan fingerprint density at radius 1 is 1.35 bits per heavy atom. The average Bonchev–Trinajstić information content (AvgIpc) is 2.95. The van der Waals surface area contributed by atoms with Crippen LogP contribution in [-0.4, -0.2) is 30.7 Å². The molecule has 1 amide bonds. The molecule has 2 atom stereocenters. The van der Waals surface area contributed by atoms with Crippen molar-refractivity contribution in [3.63, 3.8) is 0 Å². The van der Waals surface area contributed by atoms with Gasteiger partial charge >= 0.3 is 5.97 Å². The number of nitrogens with one attached hydrogen (secondary N) is 1. The largest absolute Gasteiger partial charge is 0.451 e. The Hall–Kier alpha value is -1.88. The molecule has 108 valence electrons. The molecule has 1 aromatic carbocycles. The number of hydrogen-bond donors (Lipinski definition) is 1. The predicted molar refractivity (Wildman–Crippen MR) is 74.3 cm³/mol. The number of esters is 1. The van der Waals surface area contributed by atoms with Crippen LogP contribution >= 0.6 is 0 Å². The summed E-state index contributed by atoms with van der Waals surface area (Å²) in [7, 11) is 0. The highest BCUT2D eigenvalue weighted by Crippen LogP contribution is 2.15. The molecule has 1 aliphatic rings. The molecule has 1 saturated heterocycles. The highest BCUT2D eigenvalue weighted by molar-refractivity contribution is 5.95. The number of amides is 1. The molecule has 20 heavy (non-hydrogen) atoms. The van der Waals surface area contributed by atoms with Crippen molar-refractivity contribution in [3.8, 4) is 0 Å². The van der Waals surface area contributed by atoms with Gasteiger partial charge in [-0.15, -0.1) is 0 Å². The van der Waals surface area contributed by atoms with Gasteiger partial charge < -0.3 is 14.8 Å². The average molecular weight is 277 g/mol. The van der Waals surface area contributed by atoms with Crippen LogP contribution in [0.15, 0.2) is 24.3 Å². The number of rotatable bonds is 4. The Balaban J connectivity index is 1.85. The van der Waals surface area contributed by atoms with E-state index in [1.165, 1.54) is 0 Å². The van der Waals surface area contributed by atoms with Gasteiger partial charge in [0, 0.05) is 12.3 Å². The fourth-order valence-electron chi connectivity index (χ4n) is 1.95. The van der Waals surface area contributed by atoms with Crippen molar-refractivity contribution in [2.45, 2.75) is 38.9 Å². The first kappa shape index (κ1) is 14.5. The zero-order valence-electron chi connectivity index (χ0n) is 11.7. The summed E-state index contributed by atoms with van der Waals surface area (Å²) in [6, 6.07) is 7.42. The summed E-state index contributed by atoms with van der Waals surface area (Å²) in [5.74, 6) is -0.811. The monoisotopic (exact) mass is 277 g/mol. The maximum Gasteiger partial charge on any atom is 0.336 e. The van der Waals surface area contributed by atoms with Crippen LogP contribution < -0.4 is 5.32 Å². The number of benzene rings is 1. The summed E-state index contributed by atoms with van der Waals surface area (Å²) >= 11 is 0. The molecule has 2 rings (SSSR count). The van der Waals surface area contributed by atoms with Gasteiger partial charge in [-0.3, -0.25) is 4.79 Å². The molecule has 0 radical (unpaired) electrons. The highest BCUT2D eigenvalue weighted by atomic mass is 16.6. The van der Waals surface area contributed by atoms with Crippen molar-refractivity contribution >= 4 is 17.6 Å². The minimum Gasteiger partial charge on any atom is -0.451 e. The van der Waals surface area contributed by atoms with Gasteiger partial charge in [-0.05, 0) is 38.8 Å². The molecule has 5 heteroatoms. The SMILES string of the molecule is Cc1ccc(NC(=O)[C@@H](C)OC(=O)[C@H]2CCCO2)cc1. The van der Waals surface area contributed by atoms with E-state index in [4.69, 9.17) is 9.47 Å². The molecule has 0 unspecified atom stereocenters. The minimum atomic E-state index is -0.840. The molecule has 0 aromatic heterocycles. The van der Waals surface area contributed by atoms with Crippen molar-refractivity contribution in [1.29, 1.82) is 0 Å². The van der Waals surface area contributed by atoms with Crippen LogP contribution in [0.5, 0.6) is 0 Å². The highest BCUT2D eigenvalue weighted by Gasteiger charge is 2.28. The molecule has 0 aliphatic carbocycles. The van der Waals surface area contributed by atoms with Gasteiger partial charge in [-0.25, -0.2) is 4.79 Å². The van der Waals surface area contributed by atoms with E-state index in [0.29, 0.717) is 18.7 Å². The van der Waals surface area contributed by atoms with Gasteiger partial charge in [-0.2, -0.15) is 0 Å². The maximum absolute atomic E-state index is 11.9. The van der Waals surface area contributed by atoms with Gasteiger partial charge in [0.15, 0.2) is 12.2 Å². The Morgan fingerprint density at radius 3 is 2.65 bits per heavy atom. The van der Waals surface area contributed by atoms with E-state index in [9.17, 15) is 9.59 Å². The minimum absolute atomic E-state index is 0.347. The van der Waals surface area contributed by atoms with Crippen LogP contribution in [0.2, 0.25) is 0 Å². The molecule has 0 saturated carbocycles. The van der Waals surface area contributed by atoms with Crippen LogP contribution in [-0.2, 0) is 19.1 Å². The third kappa shape index (κ3) is 3.81. The van der Waals surface area contributed by atoms with E-state index >= 15 is 0 Å². The summed E-state index contributed by atoms with van der Waals surface area (Å²) in [6.07, 6.45) is 0.145. The van der Waals surface area contributed by atoms with E-state index in [1.807, 2.05) is 31.2 Å². The lowest BCUT2D eigenvalue weighted by Gasteiger charge is -2.16. The van der Waals surface area contributed by atoms with E-state index in [2.05, 4.69) is 5.32 Å². The third-order valence-corrected chi connectivity index (χ3v) is 3.17. The standard InChI is InChI=1S/C15H19NO4/c1-10-5-7-12(8-6-10)16-14(17)11(2)20-15(18)13-4-3-9-19-13/h5-8,11,13H,3-4,9H2,1-2H3,(H,16,17)/t11-,13-/m1/s1. The smallest absolute Gasteiger partial charge is 0.336 e. The molecule has 1 heterocycles. The second kappa shape index (κ2) is 6.52. The van der Waals surface area contributed by atoms with Crippen LogP contribution in [0.25, 0.3) is 0 Å². The Bertz CT molecular complexity index is 477. The number of hydrogen-bond acceptors (Lipinski definition) is 4. The van der Waals surface area contributed by atoms with Gasteiger partial charge in [0.05, 0.1) is 0 Å². The maximum atomic E-state index is 11.9. The molecule has 1 aromatic rings. The molecule has 1 fully saturated rings. The normalized spacial score (nSPS) is 19.4. The summed E-state index contributed by atoms with van der Waals surface area (Å²) in [6.45, 7) is 4.09. The number of aryl methyl sites for hydroxylation is 1. The number of ether oxygens (including phenoxy) is 2. The molecular formula is C15H19NO4. The summed E-state index contributed by atoms with van der Waals surface area (Å²) in [4.78, 5) is 23.6. The van der Waals surface area contributed by atoms with Crippen molar-refractivity contribution in [2.75, 3.05) is 11.9 Å². The zero-order chi connectivity index (χ0) is 14.5. The molecule has 1 aliphatic heterocycles. The summed E-state index contributed by atoms with van der Waals surface area (Å²) < 4.78 is 10.3. The summed E-state index contributed by atoms with van der Waals surface area (Å²) in [5, 5.41) is 2.71. The van der Waals surface area contributed by atoms with Gasteiger partial charge in [-0.1, -0.05) is 17.7 Å².